The van der Waals surface area contributed by atoms with E-state index in [4.69, 9.17) is 5.73 Å². The van der Waals surface area contributed by atoms with Crippen LogP contribution in [0, 0.1) is 5.92 Å². The highest BCUT2D eigenvalue weighted by molar-refractivity contribution is 5.91. The van der Waals surface area contributed by atoms with Gasteiger partial charge in [-0.25, -0.2) is 0 Å². The van der Waals surface area contributed by atoms with Crippen LogP contribution in [0.3, 0.4) is 0 Å². The Hall–Kier alpha value is -1.59. The summed E-state index contributed by atoms with van der Waals surface area (Å²) in [6.07, 6.45) is 4.58. The fourth-order valence-electron chi connectivity index (χ4n) is 2.08. The zero-order chi connectivity index (χ0) is 16.4. The summed E-state index contributed by atoms with van der Waals surface area (Å²) in [5.41, 5.74) is 5.34. The number of nitrogens with two attached hydrogens (primary N) is 1. The normalized spacial score (nSPS) is 13.6. The molecule has 0 aromatic heterocycles. The predicted octanol–water partition coefficient (Wildman–Crippen LogP) is 1.09. The molecule has 0 aliphatic rings. The van der Waals surface area contributed by atoms with Crippen molar-refractivity contribution in [1.29, 1.82) is 0 Å². The third-order valence-electron chi connectivity index (χ3n) is 3.31. The van der Waals surface area contributed by atoms with Crippen LogP contribution in [-0.2, 0) is 14.4 Å². The largest absolute Gasteiger partial charge is 0.368 e. The van der Waals surface area contributed by atoms with Gasteiger partial charge in [0.25, 0.3) is 0 Å². The van der Waals surface area contributed by atoms with Crippen molar-refractivity contribution in [2.75, 3.05) is 0 Å². The van der Waals surface area contributed by atoms with E-state index in [-0.39, 0.29) is 17.7 Å². The Morgan fingerprint density at radius 1 is 1.05 bits per heavy atom. The molecular weight excluding hydrogens is 270 g/mol. The zero-order valence-corrected chi connectivity index (χ0v) is 13.6. The van der Waals surface area contributed by atoms with E-state index in [2.05, 4.69) is 17.6 Å². The van der Waals surface area contributed by atoms with Crippen LogP contribution in [-0.4, -0.2) is 29.8 Å². The molecule has 0 unspecified atom stereocenters. The van der Waals surface area contributed by atoms with Crippen molar-refractivity contribution in [1.82, 2.24) is 10.6 Å². The van der Waals surface area contributed by atoms with Gasteiger partial charge >= 0.3 is 0 Å². The van der Waals surface area contributed by atoms with Crippen molar-refractivity contribution in [3.8, 4) is 0 Å². The second-order valence-electron chi connectivity index (χ2n) is 5.74. The van der Waals surface area contributed by atoms with Crippen molar-refractivity contribution in [2.24, 2.45) is 11.7 Å². The monoisotopic (exact) mass is 299 g/mol. The summed E-state index contributed by atoms with van der Waals surface area (Å²) in [7, 11) is 0. The summed E-state index contributed by atoms with van der Waals surface area (Å²) < 4.78 is 0. The molecule has 3 amide bonds. The van der Waals surface area contributed by atoms with Crippen LogP contribution >= 0.6 is 0 Å². The molecule has 0 fully saturated rings. The van der Waals surface area contributed by atoms with Gasteiger partial charge in [-0.15, -0.1) is 0 Å². The van der Waals surface area contributed by atoms with Gasteiger partial charge in [0.1, 0.15) is 12.1 Å². The van der Waals surface area contributed by atoms with Crippen LogP contribution in [0.15, 0.2) is 0 Å². The Kier molecular flexibility index (Phi) is 9.41. The second-order valence-corrected chi connectivity index (χ2v) is 5.74. The molecule has 122 valence electrons. The van der Waals surface area contributed by atoms with Crippen LogP contribution in [0.2, 0.25) is 0 Å². The molecule has 0 aromatic carbocycles. The molecule has 0 bridgehead atoms. The molecule has 6 nitrogen and oxygen atoms in total. The fraction of sp³-hybridized carbons (Fsp3) is 0.800. The van der Waals surface area contributed by atoms with Crippen molar-refractivity contribution < 1.29 is 14.4 Å². The topological polar surface area (TPSA) is 101 Å². The van der Waals surface area contributed by atoms with Gasteiger partial charge in [-0.05, 0) is 12.3 Å². The number of rotatable bonds is 10. The molecule has 0 aliphatic heterocycles. The van der Waals surface area contributed by atoms with Crippen LogP contribution in [0.5, 0.6) is 0 Å². The molecule has 0 saturated heterocycles. The molecule has 0 saturated carbocycles. The lowest BCUT2D eigenvalue weighted by atomic mass is 10.0. The zero-order valence-electron chi connectivity index (χ0n) is 13.6. The molecule has 0 heterocycles. The summed E-state index contributed by atoms with van der Waals surface area (Å²) in [6, 6.07) is -1.33. The van der Waals surface area contributed by atoms with Gasteiger partial charge in [0.15, 0.2) is 0 Å². The first-order valence-electron chi connectivity index (χ1n) is 7.66. The van der Waals surface area contributed by atoms with E-state index in [0.717, 1.165) is 25.7 Å². The molecule has 21 heavy (non-hydrogen) atoms. The van der Waals surface area contributed by atoms with Gasteiger partial charge in [0.2, 0.25) is 17.7 Å². The maximum atomic E-state index is 12.2. The highest BCUT2D eigenvalue weighted by Gasteiger charge is 2.26. The fourth-order valence-corrected chi connectivity index (χ4v) is 2.08. The number of hydrogen-bond donors (Lipinski definition) is 3. The summed E-state index contributed by atoms with van der Waals surface area (Å²) in [5, 5.41) is 5.25. The Balaban J connectivity index is 4.55. The quantitative estimate of drug-likeness (QED) is 0.526. The van der Waals surface area contributed by atoms with E-state index >= 15 is 0 Å². The molecule has 0 aliphatic carbocycles. The summed E-state index contributed by atoms with van der Waals surface area (Å²) in [6.45, 7) is 7.13. The summed E-state index contributed by atoms with van der Waals surface area (Å²) >= 11 is 0. The number of carbonyl (C=O) groups is 3. The Morgan fingerprint density at radius 3 is 2.10 bits per heavy atom. The van der Waals surface area contributed by atoms with Crippen LogP contribution in [0.1, 0.15) is 59.8 Å². The minimum atomic E-state index is -0.677. The first-order valence-corrected chi connectivity index (χ1v) is 7.66. The molecule has 4 N–H and O–H groups in total. The van der Waals surface area contributed by atoms with Crippen molar-refractivity contribution >= 4 is 17.7 Å². The van der Waals surface area contributed by atoms with E-state index in [1.807, 2.05) is 13.8 Å². The van der Waals surface area contributed by atoms with E-state index in [1.165, 1.54) is 6.92 Å². The van der Waals surface area contributed by atoms with Gasteiger partial charge in [0.05, 0.1) is 0 Å². The summed E-state index contributed by atoms with van der Waals surface area (Å²) in [5.74, 6) is -1.24. The highest BCUT2D eigenvalue weighted by Crippen LogP contribution is 2.07. The van der Waals surface area contributed by atoms with Crippen LogP contribution < -0.4 is 16.4 Å². The maximum absolute atomic E-state index is 12.2. The van der Waals surface area contributed by atoms with E-state index < -0.39 is 18.0 Å². The number of hydrogen-bond acceptors (Lipinski definition) is 3. The first-order chi connectivity index (χ1) is 9.79. The smallest absolute Gasteiger partial charge is 0.243 e. The van der Waals surface area contributed by atoms with Crippen molar-refractivity contribution in [2.45, 2.75) is 71.9 Å². The van der Waals surface area contributed by atoms with Gasteiger partial charge in [-0.3, -0.25) is 14.4 Å². The average Bonchev–Trinajstić information content (AvgIpc) is 2.38. The minimum absolute atomic E-state index is 0.0671. The minimum Gasteiger partial charge on any atom is -0.368 e. The van der Waals surface area contributed by atoms with Crippen molar-refractivity contribution in [3.63, 3.8) is 0 Å². The summed E-state index contributed by atoms with van der Waals surface area (Å²) in [4.78, 5) is 34.8. The predicted molar refractivity (Wildman–Crippen MR) is 82.3 cm³/mol. The lowest BCUT2D eigenvalue weighted by Gasteiger charge is -2.24. The van der Waals surface area contributed by atoms with E-state index in [0.29, 0.717) is 6.42 Å². The van der Waals surface area contributed by atoms with E-state index in [1.54, 1.807) is 0 Å². The Bertz CT molecular complexity index is 356. The lowest BCUT2D eigenvalue weighted by Crippen LogP contribution is -2.54. The SMILES string of the molecule is CCCCCC[C@H](NC(=O)[C@H](NC(C)=O)C(C)C)C(N)=O. The molecular formula is C15H29N3O3. The number of nitrogens with one attached hydrogen (secondary N) is 2. The van der Waals surface area contributed by atoms with Gasteiger partial charge in [-0.1, -0.05) is 46.5 Å². The Labute approximate surface area is 127 Å². The number of unbranched alkanes of at least 4 members (excludes halogenated alkanes) is 3. The highest BCUT2D eigenvalue weighted by atomic mass is 16.2. The second kappa shape index (κ2) is 10.2. The first kappa shape index (κ1) is 19.4. The van der Waals surface area contributed by atoms with Gasteiger partial charge in [-0.2, -0.15) is 0 Å². The van der Waals surface area contributed by atoms with E-state index in [9.17, 15) is 14.4 Å². The molecule has 0 aromatic rings. The number of amides is 3. The maximum Gasteiger partial charge on any atom is 0.243 e. The lowest BCUT2D eigenvalue weighted by molar-refractivity contribution is -0.131. The van der Waals surface area contributed by atoms with Crippen LogP contribution in [0.4, 0.5) is 0 Å². The third kappa shape index (κ3) is 8.32. The van der Waals surface area contributed by atoms with Gasteiger partial charge < -0.3 is 16.4 Å². The molecule has 6 heteroatoms. The van der Waals surface area contributed by atoms with Crippen molar-refractivity contribution in [3.05, 3.63) is 0 Å². The molecule has 0 radical (unpaired) electrons. The molecule has 0 spiro atoms. The Morgan fingerprint density at radius 2 is 1.67 bits per heavy atom. The molecule has 2 atom stereocenters. The third-order valence-corrected chi connectivity index (χ3v) is 3.31. The standard InChI is InChI=1S/C15H29N3O3/c1-5-6-7-8-9-12(14(16)20)18-15(21)13(10(2)3)17-11(4)19/h10,12-13H,5-9H2,1-4H3,(H2,16,20)(H,17,19)(H,18,21)/t12-,13+/m0/s1. The average molecular weight is 299 g/mol. The van der Waals surface area contributed by atoms with Gasteiger partial charge in [0, 0.05) is 6.92 Å². The number of carbonyl (C=O) groups excluding carboxylic acids is 3. The van der Waals surface area contributed by atoms with Crippen LogP contribution in [0.25, 0.3) is 0 Å². The molecule has 0 rings (SSSR count). The number of primary amides is 1.